The van der Waals surface area contributed by atoms with Gasteiger partial charge in [0.05, 0.1) is 11.1 Å². The Hall–Kier alpha value is -2.69. The lowest BCUT2D eigenvalue weighted by molar-refractivity contribution is 0.477. The Morgan fingerprint density at radius 3 is 2.78 bits per heavy atom. The molecule has 1 aliphatic rings. The molecule has 0 bridgehead atoms. The molecule has 1 atom stereocenters. The lowest BCUT2D eigenvalue weighted by Crippen LogP contribution is -2.31. The number of phenols is 1. The highest BCUT2D eigenvalue weighted by Crippen LogP contribution is 2.36. The first kappa shape index (κ1) is 17.7. The normalized spacial score (nSPS) is 17.2. The number of rotatable bonds is 4. The van der Waals surface area contributed by atoms with E-state index in [2.05, 4.69) is 23.7 Å². The van der Waals surface area contributed by atoms with Crippen LogP contribution in [0.5, 0.6) is 5.75 Å². The third-order valence-electron chi connectivity index (χ3n) is 5.18. The first-order valence-electron chi connectivity index (χ1n) is 9.55. The highest BCUT2D eigenvalue weighted by atomic mass is 19.1. The summed E-state index contributed by atoms with van der Waals surface area (Å²) in [7, 11) is 0. The fraction of sp³-hybridized carbons (Fsp3) is 0.364. The summed E-state index contributed by atoms with van der Waals surface area (Å²) in [6.45, 7) is 5.35. The van der Waals surface area contributed by atoms with Crippen LogP contribution < -0.4 is 4.90 Å². The van der Waals surface area contributed by atoms with Gasteiger partial charge in [0.25, 0.3) is 0 Å². The van der Waals surface area contributed by atoms with Gasteiger partial charge in [0.15, 0.2) is 5.82 Å². The van der Waals surface area contributed by atoms with Crippen LogP contribution in [0.3, 0.4) is 0 Å². The number of aromatic nitrogens is 2. The van der Waals surface area contributed by atoms with Gasteiger partial charge in [-0.1, -0.05) is 26.0 Å². The Morgan fingerprint density at radius 2 is 2.00 bits per heavy atom. The Morgan fingerprint density at radius 1 is 1.19 bits per heavy atom. The average Bonchev–Trinajstić information content (AvgIpc) is 3.08. The second kappa shape index (κ2) is 7.14. The van der Waals surface area contributed by atoms with Gasteiger partial charge in [0.2, 0.25) is 0 Å². The molecule has 1 fully saturated rings. The monoisotopic (exact) mass is 365 g/mol. The predicted molar refractivity (Wildman–Crippen MR) is 106 cm³/mol. The number of halogens is 1. The SMILES string of the molecule is CC(C)C[C@H]1CCCN1c1nc(-c2ccccc2O)nc2ccc(F)cc12. The maximum atomic E-state index is 14.0. The molecule has 1 saturated heterocycles. The summed E-state index contributed by atoms with van der Waals surface area (Å²) >= 11 is 0. The number of nitrogens with zero attached hydrogens (tertiary/aromatic N) is 3. The largest absolute Gasteiger partial charge is 0.507 e. The molecule has 0 radical (unpaired) electrons. The van der Waals surface area contributed by atoms with Crippen molar-refractivity contribution in [3.63, 3.8) is 0 Å². The molecule has 1 N–H and O–H groups in total. The summed E-state index contributed by atoms with van der Waals surface area (Å²) in [6.07, 6.45) is 3.29. The third-order valence-corrected chi connectivity index (χ3v) is 5.18. The lowest BCUT2D eigenvalue weighted by atomic mass is 10.0. The van der Waals surface area contributed by atoms with Crippen molar-refractivity contribution in [3.05, 3.63) is 48.3 Å². The smallest absolute Gasteiger partial charge is 0.165 e. The van der Waals surface area contributed by atoms with Crippen molar-refractivity contribution in [2.45, 2.75) is 39.2 Å². The van der Waals surface area contributed by atoms with Crippen molar-refractivity contribution >= 4 is 16.7 Å². The number of anilines is 1. The zero-order chi connectivity index (χ0) is 19.0. The molecule has 1 aromatic heterocycles. The predicted octanol–water partition coefficient (Wildman–Crippen LogP) is 5.16. The molecule has 4 nitrogen and oxygen atoms in total. The van der Waals surface area contributed by atoms with E-state index in [9.17, 15) is 9.50 Å². The maximum Gasteiger partial charge on any atom is 0.165 e. The minimum Gasteiger partial charge on any atom is -0.507 e. The molecule has 0 spiro atoms. The third kappa shape index (κ3) is 3.46. The molecule has 0 aliphatic carbocycles. The topological polar surface area (TPSA) is 49.2 Å². The van der Waals surface area contributed by atoms with Crippen LogP contribution in [0.25, 0.3) is 22.3 Å². The quantitative estimate of drug-likeness (QED) is 0.694. The number of hydrogen-bond acceptors (Lipinski definition) is 4. The number of fused-ring (bicyclic) bond motifs is 1. The van der Waals surface area contributed by atoms with E-state index in [1.807, 2.05) is 6.07 Å². The van der Waals surface area contributed by atoms with Crippen LogP contribution in [-0.2, 0) is 0 Å². The molecule has 5 heteroatoms. The molecule has 27 heavy (non-hydrogen) atoms. The first-order valence-corrected chi connectivity index (χ1v) is 9.55. The zero-order valence-electron chi connectivity index (χ0n) is 15.7. The van der Waals surface area contributed by atoms with Crippen molar-refractivity contribution in [3.8, 4) is 17.1 Å². The Bertz CT molecular complexity index is 973. The van der Waals surface area contributed by atoms with E-state index < -0.39 is 0 Å². The van der Waals surface area contributed by atoms with Gasteiger partial charge in [-0.2, -0.15) is 0 Å². The van der Waals surface area contributed by atoms with E-state index in [0.29, 0.717) is 28.9 Å². The number of hydrogen-bond donors (Lipinski definition) is 1. The Balaban J connectivity index is 1.89. The van der Waals surface area contributed by atoms with Crippen LogP contribution in [0.1, 0.15) is 33.1 Å². The molecule has 2 heterocycles. The van der Waals surface area contributed by atoms with E-state index in [0.717, 1.165) is 37.0 Å². The van der Waals surface area contributed by atoms with Gasteiger partial charge in [-0.15, -0.1) is 0 Å². The van der Waals surface area contributed by atoms with E-state index in [-0.39, 0.29) is 11.6 Å². The Labute approximate surface area is 158 Å². The average molecular weight is 365 g/mol. The van der Waals surface area contributed by atoms with Crippen molar-refractivity contribution < 1.29 is 9.50 Å². The number of para-hydroxylation sites is 1. The summed E-state index contributed by atoms with van der Waals surface area (Å²) in [6, 6.07) is 12.1. The summed E-state index contributed by atoms with van der Waals surface area (Å²) in [5.74, 6) is 1.67. The minimum absolute atomic E-state index is 0.144. The van der Waals surface area contributed by atoms with Gasteiger partial charge in [0, 0.05) is 18.0 Å². The lowest BCUT2D eigenvalue weighted by Gasteiger charge is -2.28. The highest BCUT2D eigenvalue weighted by Gasteiger charge is 2.28. The molecule has 0 saturated carbocycles. The van der Waals surface area contributed by atoms with Gasteiger partial charge in [-0.05, 0) is 55.5 Å². The van der Waals surface area contributed by atoms with Gasteiger partial charge in [0.1, 0.15) is 17.4 Å². The highest BCUT2D eigenvalue weighted by molar-refractivity contribution is 5.91. The van der Waals surface area contributed by atoms with Gasteiger partial charge in [-0.3, -0.25) is 0 Å². The van der Waals surface area contributed by atoms with E-state index in [1.165, 1.54) is 12.1 Å². The van der Waals surface area contributed by atoms with Gasteiger partial charge >= 0.3 is 0 Å². The second-order valence-corrected chi connectivity index (χ2v) is 7.67. The molecule has 140 valence electrons. The molecule has 2 aromatic carbocycles. The van der Waals surface area contributed by atoms with E-state index in [4.69, 9.17) is 4.98 Å². The number of phenolic OH excluding ortho intramolecular Hbond substituents is 1. The summed E-state index contributed by atoms with van der Waals surface area (Å²) in [4.78, 5) is 11.7. The van der Waals surface area contributed by atoms with Crippen LogP contribution in [0.2, 0.25) is 0 Å². The van der Waals surface area contributed by atoms with Crippen LogP contribution in [0.4, 0.5) is 10.2 Å². The number of aromatic hydroxyl groups is 1. The molecular weight excluding hydrogens is 341 g/mol. The molecule has 0 unspecified atom stereocenters. The molecule has 4 rings (SSSR count). The standard InChI is InChI=1S/C22H24FN3O/c1-14(2)12-16-6-5-11-26(16)22-18-13-15(23)9-10-19(18)24-21(25-22)17-7-3-4-8-20(17)27/h3-4,7-10,13-14,16,27H,5-6,11-12H2,1-2H3/t16-/m1/s1. The molecule has 0 amide bonds. The Kier molecular flexibility index (Phi) is 4.68. The fourth-order valence-corrected chi connectivity index (χ4v) is 3.99. The molecule has 1 aliphatic heterocycles. The van der Waals surface area contributed by atoms with Crippen LogP contribution >= 0.6 is 0 Å². The first-order chi connectivity index (χ1) is 13.0. The van der Waals surface area contributed by atoms with Crippen LogP contribution in [0, 0.1) is 11.7 Å². The maximum absolute atomic E-state index is 14.0. The van der Waals surface area contributed by atoms with Crippen molar-refractivity contribution in [1.82, 2.24) is 9.97 Å². The van der Waals surface area contributed by atoms with E-state index in [1.54, 1.807) is 24.3 Å². The summed E-state index contributed by atoms with van der Waals surface area (Å²) in [5, 5.41) is 11.0. The summed E-state index contributed by atoms with van der Waals surface area (Å²) in [5.41, 5.74) is 1.28. The van der Waals surface area contributed by atoms with Gasteiger partial charge in [-0.25, -0.2) is 14.4 Å². The van der Waals surface area contributed by atoms with E-state index >= 15 is 0 Å². The summed E-state index contributed by atoms with van der Waals surface area (Å²) < 4.78 is 14.0. The molecular formula is C22H24FN3O. The second-order valence-electron chi connectivity index (χ2n) is 7.67. The molecule has 3 aromatic rings. The minimum atomic E-state index is -0.290. The van der Waals surface area contributed by atoms with Gasteiger partial charge < -0.3 is 10.0 Å². The zero-order valence-corrected chi connectivity index (χ0v) is 15.7. The van der Waals surface area contributed by atoms with Crippen molar-refractivity contribution in [1.29, 1.82) is 0 Å². The van der Waals surface area contributed by atoms with Crippen LogP contribution in [-0.4, -0.2) is 27.7 Å². The van der Waals surface area contributed by atoms with Crippen molar-refractivity contribution in [2.24, 2.45) is 5.92 Å². The number of benzene rings is 2. The fourth-order valence-electron chi connectivity index (χ4n) is 3.99. The van der Waals surface area contributed by atoms with Crippen molar-refractivity contribution in [2.75, 3.05) is 11.4 Å². The van der Waals surface area contributed by atoms with Crippen LogP contribution in [0.15, 0.2) is 42.5 Å².